The highest BCUT2D eigenvalue weighted by Crippen LogP contribution is 2.21. The van der Waals surface area contributed by atoms with Crippen molar-refractivity contribution in [1.82, 2.24) is 9.99 Å². The van der Waals surface area contributed by atoms with Gasteiger partial charge < -0.3 is 14.4 Å². The van der Waals surface area contributed by atoms with E-state index in [1.54, 1.807) is 49.7 Å². The zero-order chi connectivity index (χ0) is 18.5. The lowest BCUT2D eigenvalue weighted by Gasteiger charge is -2.07. The van der Waals surface area contributed by atoms with Crippen LogP contribution in [0.5, 0.6) is 11.5 Å². The largest absolute Gasteiger partial charge is 0.508 e. The number of aromatic hydroxyl groups is 1. The highest BCUT2D eigenvalue weighted by molar-refractivity contribution is 14.1. The molecule has 0 aliphatic carbocycles. The van der Waals surface area contributed by atoms with Crippen LogP contribution in [0.4, 0.5) is 0 Å². The summed E-state index contributed by atoms with van der Waals surface area (Å²) in [5.74, 6) is 0.526. The van der Waals surface area contributed by atoms with Gasteiger partial charge in [0.25, 0.3) is 5.91 Å². The Bertz CT molecular complexity index is 949. The van der Waals surface area contributed by atoms with Gasteiger partial charge in [0.1, 0.15) is 11.5 Å². The Kier molecular flexibility index (Phi) is 5.57. The Labute approximate surface area is 164 Å². The maximum Gasteiger partial charge on any atom is 0.271 e. The predicted molar refractivity (Wildman–Crippen MR) is 108 cm³/mol. The molecule has 0 saturated carbocycles. The lowest BCUT2D eigenvalue weighted by atomic mass is 10.2. The van der Waals surface area contributed by atoms with Crippen LogP contribution in [-0.2, 0) is 0 Å². The standard InChI is InChI=1S/C19H16IN3O3/c1-26-18-11-13(4-9-17(18)20)19(25)22-21-12-15-3-2-10-23(15)14-5-7-16(24)8-6-14/h2-12,24H,1H3,(H,22,25)/b21-12+. The van der Waals surface area contributed by atoms with E-state index in [0.29, 0.717) is 11.3 Å². The van der Waals surface area contributed by atoms with Crippen molar-refractivity contribution in [2.45, 2.75) is 0 Å². The van der Waals surface area contributed by atoms with E-state index < -0.39 is 0 Å². The first-order chi connectivity index (χ1) is 12.6. The Hall–Kier alpha value is -2.81. The average molecular weight is 461 g/mol. The van der Waals surface area contributed by atoms with E-state index in [2.05, 4.69) is 33.1 Å². The minimum absolute atomic E-state index is 0.205. The van der Waals surface area contributed by atoms with Crippen LogP contribution in [0.2, 0.25) is 0 Å². The van der Waals surface area contributed by atoms with Crippen molar-refractivity contribution in [1.29, 1.82) is 0 Å². The maximum atomic E-state index is 12.2. The third-order valence-electron chi connectivity index (χ3n) is 3.68. The van der Waals surface area contributed by atoms with E-state index in [4.69, 9.17) is 4.74 Å². The summed E-state index contributed by atoms with van der Waals surface area (Å²) in [5.41, 5.74) is 4.65. The SMILES string of the molecule is COc1cc(C(=O)N/N=C/c2cccn2-c2ccc(O)cc2)ccc1I. The number of hydrogen-bond acceptors (Lipinski definition) is 4. The number of rotatable bonds is 5. The lowest BCUT2D eigenvalue weighted by Crippen LogP contribution is -2.18. The van der Waals surface area contributed by atoms with Gasteiger partial charge in [0.15, 0.2) is 0 Å². The van der Waals surface area contributed by atoms with E-state index >= 15 is 0 Å². The van der Waals surface area contributed by atoms with Gasteiger partial charge >= 0.3 is 0 Å². The van der Waals surface area contributed by atoms with Gasteiger partial charge in [-0.3, -0.25) is 4.79 Å². The Balaban J connectivity index is 1.72. The van der Waals surface area contributed by atoms with Crippen LogP contribution >= 0.6 is 22.6 Å². The fourth-order valence-electron chi connectivity index (χ4n) is 2.37. The minimum atomic E-state index is -0.321. The van der Waals surface area contributed by atoms with Crippen LogP contribution < -0.4 is 10.2 Å². The van der Waals surface area contributed by atoms with E-state index in [-0.39, 0.29) is 11.7 Å². The van der Waals surface area contributed by atoms with Gasteiger partial charge in [-0.05, 0) is 77.2 Å². The van der Waals surface area contributed by atoms with Crippen molar-refractivity contribution in [3.63, 3.8) is 0 Å². The number of hydrogen-bond donors (Lipinski definition) is 2. The van der Waals surface area contributed by atoms with Crippen molar-refractivity contribution in [2.24, 2.45) is 5.10 Å². The smallest absolute Gasteiger partial charge is 0.271 e. The molecule has 0 fully saturated rings. The van der Waals surface area contributed by atoms with E-state index in [0.717, 1.165) is 15.0 Å². The number of phenols is 1. The van der Waals surface area contributed by atoms with Crippen molar-refractivity contribution in [3.8, 4) is 17.2 Å². The second-order valence-electron chi connectivity index (χ2n) is 5.37. The number of aromatic nitrogens is 1. The second-order valence-corrected chi connectivity index (χ2v) is 6.53. The van der Waals surface area contributed by atoms with Crippen LogP contribution in [0.3, 0.4) is 0 Å². The molecular weight excluding hydrogens is 445 g/mol. The van der Waals surface area contributed by atoms with Crippen molar-refractivity contribution < 1.29 is 14.6 Å². The van der Waals surface area contributed by atoms with Crippen LogP contribution in [0.15, 0.2) is 65.9 Å². The van der Waals surface area contributed by atoms with Gasteiger partial charge in [-0.1, -0.05) is 0 Å². The van der Waals surface area contributed by atoms with Gasteiger partial charge in [0.2, 0.25) is 0 Å². The fraction of sp³-hybridized carbons (Fsp3) is 0.0526. The van der Waals surface area contributed by atoms with Crippen LogP contribution in [-0.4, -0.2) is 28.9 Å². The van der Waals surface area contributed by atoms with E-state index in [1.807, 2.05) is 29.0 Å². The van der Waals surface area contributed by atoms with Crippen molar-refractivity contribution >= 4 is 34.7 Å². The summed E-state index contributed by atoms with van der Waals surface area (Å²) in [5, 5.41) is 13.4. The third kappa shape index (κ3) is 4.05. The number of amides is 1. The molecule has 1 amide bonds. The summed E-state index contributed by atoms with van der Waals surface area (Å²) < 4.78 is 8.04. The predicted octanol–water partition coefficient (Wildman–Crippen LogP) is 3.56. The zero-order valence-electron chi connectivity index (χ0n) is 13.9. The number of carbonyl (C=O) groups is 1. The number of nitrogens with one attached hydrogen (secondary N) is 1. The molecular formula is C19H16IN3O3. The number of ether oxygens (including phenoxy) is 1. The van der Waals surface area contributed by atoms with Crippen LogP contribution in [0, 0.1) is 3.57 Å². The molecule has 7 heteroatoms. The highest BCUT2D eigenvalue weighted by atomic mass is 127. The van der Waals surface area contributed by atoms with Gasteiger partial charge in [0.05, 0.1) is 22.6 Å². The Morgan fingerprint density at radius 2 is 2.00 bits per heavy atom. The molecule has 132 valence electrons. The number of halogens is 1. The summed E-state index contributed by atoms with van der Waals surface area (Å²) in [7, 11) is 1.56. The fourth-order valence-corrected chi connectivity index (χ4v) is 2.93. The molecule has 2 aromatic carbocycles. The third-order valence-corrected chi connectivity index (χ3v) is 4.58. The number of nitrogens with zero attached hydrogens (tertiary/aromatic N) is 2. The van der Waals surface area contributed by atoms with Gasteiger partial charge in [-0.25, -0.2) is 5.43 Å². The Morgan fingerprint density at radius 1 is 1.23 bits per heavy atom. The summed E-state index contributed by atoms with van der Waals surface area (Å²) in [6, 6.07) is 15.8. The van der Waals surface area contributed by atoms with Crippen LogP contribution in [0.25, 0.3) is 5.69 Å². The maximum absolute atomic E-state index is 12.2. The molecule has 1 aromatic heterocycles. The highest BCUT2D eigenvalue weighted by Gasteiger charge is 2.08. The zero-order valence-corrected chi connectivity index (χ0v) is 16.0. The number of methoxy groups -OCH3 is 1. The van der Waals surface area contributed by atoms with Crippen LogP contribution in [0.1, 0.15) is 16.1 Å². The first kappa shape index (κ1) is 18.0. The first-order valence-corrected chi connectivity index (χ1v) is 8.80. The summed E-state index contributed by atoms with van der Waals surface area (Å²) in [4.78, 5) is 12.2. The number of carbonyl (C=O) groups excluding carboxylic acids is 1. The number of hydrazone groups is 1. The summed E-state index contributed by atoms with van der Waals surface area (Å²) in [6.07, 6.45) is 3.44. The second kappa shape index (κ2) is 8.05. The molecule has 1 heterocycles. The van der Waals surface area contributed by atoms with Gasteiger partial charge in [-0.15, -0.1) is 0 Å². The summed E-state index contributed by atoms with van der Waals surface area (Å²) in [6.45, 7) is 0. The van der Waals surface area contributed by atoms with Gasteiger partial charge in [-0.2, -0.15) is 5.10 Å². The molecule has 3 rings (SSSR count). The molecule has 2 N–H and O–H groups in total. The number of phenolic OH excluding ortho intramolecular Hbond substituents is 1. The molecule has 0 bridgehead atoms. The molecule has 0 radical (unpaired) electrons. The van der Waals surface area contributed by atoms with Crippen molar-refractivity contribution in [2.75, 3.05) is 7.11 Å². The molecule has 3 aromatic rings. The molecule has 26 heavy (non-hydrogen) atoms. The molecule has 0 spiro atoms. The van der Waals surface area contributed by atoms with Crippen molar-refractivity contribution in [3.05, 3.63) is 75.6 Å². The normalized spacial score (nSPS) is 10.8. The minimum Gasteiger partial charge on any atom is -0.508 e. The molecule has 0 aliphatic heterocycles. The average Bonchev–Trinajstić information content (AvgIpc) is 3.11. The monoisotopic (exact) mass is 461 g/mol. The van der Waals surface area contributed by atoms with Gasteiger partial charge in [0, 0.05) is 17.4 Å². The lowest BCUT2D eigenvalue weighted by molar-refractivity contribution is 0.0954. The first-order valence-electron chi connectivity index (χ1n) is 7.72. The molecule has 0 unspecified atom stereocenters. The van der Waals surface area contributed by atoms with E-state index in [9.17, 15) is 9.90 Å². The van der Waals surface area contributed by atoms with E-state index in [1.165, 1.54) is 0 Å². The molecule has 0 saturated heterocycles. The molecule has 0 aliphatic rings. The number of benzene rings is 2. The quantitative estimate of drug-likeness (QED) is 0.347. The molecule has 0 atom stereocenters. The molecule has 6 nitrogen and oxygen atoms in total. The Morgan fingerprint density at radius 3 is 2.73 bits per heavy atom. The summed E-state index contributed by atoms with van der Waals surface area (Å²) >= 11 is 2.14. The topological polar surface area (TPSA) is 75.8 Å².